The minimum Gasteiger partial charge on any atom is -0.395 e. The van der Waals surface area contributed by atoms with Gasteiger partial charge in [-0.3, -0.25) is 9.78 Å². The van der Waals surface area contributed by atoms with Crippen LogP contribution in [0.15, 0.2) is 41.6 Å². The lowest BCUT2D eigenvalue weighted by atomic mass is 10.3. The van der Waals surface area contributed by atoms with Gasteiger partial charge in [0.05, 0.1) is 6.61 Å². The van der Waals surface area contributed by atoms with Crippen molar-refractivity contribution in [3.05, 3.63) is 52.8 Å². The zero-order chi connectivity index (χ0) is 13.5. The van der Waals surface area contributed by atoms with Crippen LogP contribution in [0.2, 0.25) is 0 Å². The molecule has 0 amide bonds. The van der Waals surface area contributed by atoms with Gasteiger partial charge in [-0.1, -0.05) is 6.07 Å². The monoisotopic (exact) mass is 260 g/mol. The summed E-state index contributed by atoms with van der Waals surface area (Å²) in [5, 5.41) is 11.8. The summed E-state index contributed by atoms with van der Waals surface area (Å²) in [5.74, 6) is 0.298. The SMILES string of the molecule is O=c1c(NCCc2ccccn2)nccn1CCO. The molecule has 6 heteroatoms. The van der Waals surface area contributed by atoms with Gasteiger partial charge >= 0.3 is 0 Å². The predicted octanol–water partition coefficient (Wildman–Crippen LogP) is 0.285. The second-order valence-electron chi connectivity index (χ2n) is 4.00. The summed E-state index contributed by atoms with van der Waals surface area (Å²) in [4.78, 5) is 20.1. The third-order valence-electron chi connectivity index (χ3n) is 2.65. The second kappa shape index (κ2) is 6.65. The third-order valence-corrected chi connectivity index (χ3v) is 2.65. The molecule has 6 nitrogen and oxygen atoms in total. The van der Waals surface area contributed by atoms with Crippen LogP contribution in [-0.4, -0.2) is 32.8 Å². The molecule has 2 N–H and O–H groups in total. The Hall–Kier alpha value is -2.21. The quantitative estimate of drug-likeness (QED) is 0.780. The highest BCUT2D eigenvalue weighted by Gasteiger charge is 2.03. The van der Waals surface area contributed by atoms with Gasteiger partial charge in [-0.05, 0) is 12.1 Å². The Balaban J connectivity index is 1.96. The van der Waals surface area contributed by atoms with Crippen molar-refractivity contribution in [1.82, 2.24) is 14.5 Å². The van der Waals surface area contributed by atoms with E-state index in [2.05, 4.69) is 15.3 Å². The molecule has 0 spiro atoms. The van der Waals surface area contributed by atoms with Crippen molar-refractivity contribution < 1.29 is 5.11 Å². The fourth-order valence-corrected chi connectivity index (χ4v) is 1.71. The number of hydrogen-bond donors (Lipinski definition) is 2. The maximum atomic E-state index is 11.9. The van der Waals surface area contributed by atoms with Crippen molar-refractivity contribution in [2.24, 2.45) is 0 Å². The minimum atomic E-state index is -0.224. The molecule has 0 aliphatic rings. The van der Waals surface area contributed by atoms with Crippen LogP contribution in [0.5, 0.6) is 0 Å². The summed E-state index contributed by atoms with van der Waals surface area (Å²) in [6.07, 6.45) is 5.56. The number of aromatic nitrogens is 3. The van der Waals surface area contributed by atoms with Gasteiger partial charge < -0.3 is 15.0 Å². The summed E-state index contributed by atoms with van der Waals surface area (Å²) < 4.78 is 1.43. The molecule has 2 rings (SSSR count). The lowest BCUT2D eigenvalue weighted by Crippen LogP contribution is -2.26. The Labute approximate surface area is 110 Å². The Morgan fingerprint density at radius 1 is 1.26 bits per heavy atom. The summed E-state index contributed by atoms with van der Waals surface area (Å²) in [6, 6.07) is 5.73. The highest BCUT2D eigenvalue weighted by molar-refractivity contribution is 5.30. The molecular weight excluding hydrogens is 244 g/mol. The van der Waals surface area contributed by atoms with Gasteiger partial charge in [0.25, 0.3) is 5.56 Å². The average molecular weight is 260 g/mol. The van der Waals surface area contributed by atoms with Crippen molar-refractivity contribution in [2.75, 3.05) is 18.5 Å². The van der Waals surface area contributed by atoms with Gasteiger partial charge in [-0.15, -0.1) is 0 Å². The molecular formula is C13H16N4O2. The van der Waals surface area contributed by atoms with Gasteiger partial charge in [0.2, 0.25) is 0 Å². The fourth-order valence-electron chi connectivity index (χ4n) is 1.71. The molecule has 19 heavy (non-hydrogen) atoms. The molecule has 0 atom stereocenters. The van der Waals surface area contributed by atoms with Crippen LogP contribution in [0, 0.1) is 0 Å². The Kier molecular flexibility index (Phi) is 4.63. The zero-order valence-corrected chi connectivity index (χ0v) is 10.5. The van der Waals surface area contributed by atoms with Crippen molar-refractivity contribution in [1.29, 1.82) is 0 Å². The number of aliphatic hydroxyl groups excluding tert-OH is 1. The smallest absolute Gasteiger partial charge is 0.293 e. The van der Waals surface area contributed by atoms with Crippen molar-refractivity contribution >= 4 is 5.82 Å². The molecule has 0 saturated carbocycles. The molecule has 2 aromatic rings. The molecule has 2 aromatic heterocycles. The van der Waals surface area contributed by atoms with E-state index in [9.17, 15) is 4.79 Å². The van der Waals surface area contributed by atoms with Gasteiger partial charge in [-0.25, -0.2) is 4.98 Å². The van der Waals surface area contributed by atoms with E-state index in [0.29, 0.717) is 12.4 Å². The van der Waals surface area contributed by atoms with E-state index in [-0.39, 0.29) is 18.7 Å². The molecule has 0 aliphatic carbocycles. The number of pyridine rings is 1. The fraction of sp³-hybridized carbons (Fsp3) is 0.308. The van der Waals surface area contributed by atoms with E-state index in [4.69, 9.17) is 5.11 Å². The topological polar surface area (TPSA) is 80.0 Å². The Bertz CT molecular complexity index is 568. The summed E-state index contributed by atoms with van der Waals surface area (Å²) in [5.41, 5.74) is 0.735. The van der Waals surface area contributed by atoms with Gasteiger partial charge in [0, 0.05) is 43.8 Å². The predicted molar refractivity (Wildman–Crippen MR) is 72.0 cm³/mol. The first kappa shape index (κ1) is 13.2. The van der Waals surface area contributed by atoms with Crippen LogP contribution in [0.3, 0.4) is 0 Å². The molecule has 0 bridgehead atoms. The molecule has 2 heterocycles. The molecule has 0 fully saturated rings. The number of nitrogens with one attached hydrogen (secondary N) is 1. The lowest BCUT2D eigenvalue weighted by Gasteiger charge is -2.07. The maximum Gasteiger partial charge on any atom is 0.293 e. The number of aliphatic hydroxyl groups is 1. The van der Waals surface area contributed by atoms with Crippen molar-refractivity contribution in [3.63, 3.8) is 0 Å². The first-order chi connectivity index (χ1) is 9.31. The van der Waals surface area contributed by atoms with Crippen LogP contribution in [0.25, 0.3) is 0 Å². The second-order valence-corrected chi connectivity index (χ2v) is 4.00. The van der Waals surface area contributed by atoms with E-state index in [1.807, 2.05) is 18.2 Å². The summed E-state index contributed by atoms with van der Waals surface area (Å²) in [6.45, 7) is 0.788. The molecule has 0 aliphatic heterocycles. The highest BCUT2D eigenvalue weighted by Crippen LogP contribution is 1.97. The Morgan fingerprint density at radius 3 is 2.89 bits per heavy atom. The molecule has 0 saturated heterocycles. The van der Waals surface area contributed by atoms with E-state index in [1.54, 1.807) is 18.6 Å². The number of anilines is 1. The maximum absolute atomic E-state index is 11.9. The van der Waals surface area contributed by atoms with Crippen LogP contribution in [0.4, 0.5) is 5.82 Å². The average Bonchev–Trinajstić information content (AvgIpc) is 2.44. The minimum absolute atomic E-state index is 0.0721. The molecule has 0 radical (unpaired) electrons. The summed E-state index contributed by atoms with van der Waals surface area (Å²) >= 11 is 0. The number of rotatable bonds is 6. The van der Waals surface area contributed by atoms with Crippen molar-refractivity contribution in [2.45, 2.75) is 13.0 Å². The van der Waals surface area contributed by atoms with E-state index in [0.717, 1.165) is 12.1 Å². The van der Waals surface area contributed by atoms with Gasteiger partial charge in [-0.2, -0.15) is 0 Å². The van der Waals surface area contributed by atoms with Crippen LogP contribution < -0.4 is 10.9 Å². The van der Waals surface area contributed by atoms with Gasteiger partial charge in [0.1, 0.15) is 0 Å². The zero-order valence-electron chi connectivity index (χ0n) is 10.5. The van der Waals surface area contributed by atoms with E-state index < -0.39 is 0 Å². The van der Waals surface area contributed by atoms with Gasteiger partial charge in [0.15, 0.2) is 5.82 Å². The Morgan fingerprint density at radius 2 is 2.16 bits per heavy atom. The lowest BCUT2D eigenvalue weighted by molar-refractivity contribution is 0.274. The molecule has 0 aromatic carbocycles. The van der Waals surface area contributed by atoms with Crippen LogP contribution in [0.1, 0.15) is 5.69 Å². The van der Waals surface area contributed by atoms with Crippen LogP contribution in [-0.2, 0) is 13.0 Å². The largest absolute Gasteiger partial charge is 0.395 e. The molecule has 0 unspecified atom stereocenters. The first-order valence-corrected chi connectivity index (χ1v) is 6.11. The first-order valence-electron chi connectivity index (χ1n) is 6.11. The van der Waals surface area contributed by atoms with E-state index >= 15 is 0 Å². The third kappa shape index (κ3) is 3.62. The normalized spacial score (nSPS) is 10.4. The summed E-state index contributed by atoms with van der Waals surface area (Å²) in [7, 11) is 0. The van der Waals surface area contributed by atoms with Crippen LogP contribution >= 0.6 is 0 Å². The number of hydrogen-bond acceptors (Lipinski definition) is 5. The molecule has 100 valence electrons. The van der Waals surface area contributed by atoms with E-state index in [1.165, 1.54) is 4.57 Å². The number of nitrogens with zero attached hydrogens (tertiary/aromatic N) is 3. The highest BCUT2D eigenvalue weighted by atomic mass is 16.3. The van der Waals surface area contributed by atoms with Crippen molar-refractivity contribution in [3.8, 4) is 0 Å². The standard InChI is InChI=1S/C13H16N4O2/c18-10-9-17-8-7-16-12(13(17)19)15-6-4-11-3-1-2-5-14-11/h1-3,5,7-8,18H,4,6,9-10H2,(H,15,16).